The summed E-state index contributed by atoms with van der Waals surface area (Å²) in [7, 11) is 0. The molecule has 1 N–H and O–H groups in total. The maximum absolute atomic E-state index is 12.8. The summed E-state index contributed by atoms with van der Waals surface area (Å²) >= 11 is 0. The van der Waals surface area contributed by atoms with E-state index in [9.17, 15) is 18.4 Å². The number of urea groups is 1. The zero-order valence-corrected chi connectivity index (χ0v) is 14.4. The Morgan fingerprint density at radius 1 is 1.27 bits per heavy atom. The molecule has 1 aromatic heterocycles. The Hall–Kier alpha value is -2.97. The molecule has 0 spiro atoms. The highest BCUT2D eigenvalue weighted by molar-refractivity contribution is 6.07. The van der Waals surface area contributed by atoms with Crippen LogP contribution in [0.3, 0.4) is 0 Å². The minimum Gasteiger partial charge on any atom is -0.444 e. The number of nitrogens with zero attached hydrogens (tertiary/aromatic N) is 2. The van der Waals surface area contributed by atoms with Crippen molar-refractivity contribution in [1.29, 1.82) is 0 Å². The molecular formula is C17H17F2N3O4. The number of rotatable bonds is 5. The maximum Gasteiger partial charge on any atom is 0.387 e. The molecule has 1 fully saturated rings. The number of alkyl halides is 2. The van der Waals surface area contributed by atoms with Crippen molar-refractivity contribution < 1.29 is 27.5 Å². The van der Waals surface area contributed by atoms with E-state index in [0.717, 1.165) is 4.90 Å². The highest BCUT2D eigenvalue weighted by atomic mass is 19.3. The van der Waals surface area contributed by atoms with Crippen molar-refractivity contribution in [1.82, 2.24) is 15.2 Å². The highest BCUT2D eigenvalue weighted by Crippen LogP contribution is 2.31. The van der Waals surface area contributed by atoms with Crippen molar-refractivity contribution in [3.63, 3.8) is 0 Å². The van der Waals surface area contributed by atoms with Crippen LogP contribution >= 0.6 is 0 Å². The first kappa shape index (κ1) is 17.8. The minimum atomic E-state index is -2.94. The lowest BCUT2D eigenvalue weighted by Gasteiger charge is -2.22. The lowest BCUT2D eigenvalue weighted by atomic mass is 9.92. The van der Waals surface area contributed by atoms with Gasteiger partial charge in [0.2, 0.25) is 5.89 Å². The number of benzene rings is 1. The van der Waals surface area contributed by atoms with Gasteiger partial charge in [-0.2, -0.15) is 8.78 Å². The van der Waals surface area contributed by atoms with E-state index in [1.54, 1.807) is 20.8 Å². The van der Waals surface area contributed by atoms with Crippen LogP contribution in [0, 0.1) is 13.8 Å². The number of aryl methyl sites for hydroxylation is 2. The summed E-state index contributed by atoms with van der Waals surface area (Å²) in [6.45, 7) is 2.02. The Balaban J connectivity index is 1.82. The van der Waals surface area contributed by atoms with Crippen LogP contribution in [-0.4, -0.2) is 28.4 Å². The molecule has 9 heteroatoms. The number of aromatic nitrogens is 1. The first-order valence-electron chi connectivity index (χ1n) is 7.83. The fraction of sp³-hybridized carbons (Fsp3) is 0.353. The van der Waals surface area contributed by atoms with Gasteiger partial charge in [0.05, 0.1) is 5.69 Å². The van der Waals surface area contributed by atoms with E-state index in [1.165, 1.54) is 24.3 Å². The molecule has 1 aliphatic rings. The second-order valence-corrected chi connectivity index (χ2v) is 6.10. The first-order chi connectivity index (χ1) is 12.2. The van der Waals surface area contributed by atoms with Crippen molar-refractivity contribution in [3.05, 3.63) is 47.2 Å². The Morgan fingerprint density at radius 3 is 2.46 bits per heavy atom. The van der Waals surface area contributed by atoms with Crippen LogP contribution in [0.25, 0.3) is 0 Å². The SMILES string of the molecule is Cc1nc(CN2C(=O)N[C@](C)(c3ccc(OC(F)F)cc3)C2=O)oc1C. The quantitative estimate of drug-likeness (QED) is 0.824. The molecule has 0 aliphatic carbocycles. The monoisotopic (exact) mass is 365 g/mol. The summed E-state index contributed by atoms with van der Waals surface area (Å²) in [6.07, 6.45) is 0. The second-order valence-electron chi connectivity index (χ2n) is 6.10. The fourth-order valence-corrected chi connectivity index (χ4v) is 2.75. The zero-order chi connectivity index (χ0) is 19.1. The number of carbonyl (C=O) groups is 2. The molecule has 0 radical (unpaired) electrons. The van der Waals surface area contributed by atoms with Crippen LogP contribution in [0.4, 0.5) is 13.6 Å². The molecule has 0 unspecified atom stereocenters. The molecule has 3 rings (SSSR count). The number of amides is 3. The van der Waals surface area contributed by atoms with Gasteiger partial charge < -0.3 is 14.5 Å². The van der Waals surface area contributed by atoms with Gasteiger partial charge >= 0.3 is 12.6 Å². The lowest BCUT2D eigenvalue weighted by molar-refractivity contribution is -0.131. The van der Waals surface area contributed by atoms with E-state index in [1.807, 2.05) is 0 Å². The summed E-state index contributed by atoms with van der Waals surface area (Å²) < 4.78 is 34.2. The smallest absolute Gasteiger partial charge is 0.387 e. The van der Waals surface area contributed by atoms with E-state index < -0.39 is 24.1 Å². The van der Waals surface area contributed by atoms with Crippen LogP contribution < -0.4 is 10.1 Å². The predicted octanol–water partition coefficient (Wildman–Crippen LogP) is 2.86. The average molecular weight is 365 g/mol. The largest absolute Gasteiger partial charge is 0.444 e. The number of halogens is 2. The molecule has 1 aliphatic heterocycles. The van der Waals surface area contributed by atoms with E-state index >= 15 is 0 Å². The van der Waals surface area contributed by atoms with Gasteiger partial charge in [-0.15, -0.1) is 0 Å². The number of carbonyl (C=O) groups excluding carboxylic acids is 2. The van der Waals surface area contributed by atoms with Crippen LogP contribution in [0.5, 0.6) is 5.75 Å². The van der Waals surface area contributed by atoms with Gasteiger partial charge in [0.25, 0.3) is 5.91 Å². The van der Waals surface area contributed by atoms with Gasteiger partial charge in [0.15, 0.2) is 0 Å². The second kappa shape index (κ2) is 6.40. The average Bonchev–Trinajstić information content (AvgIpc) is 2.99. The standard InChI is InChI=1S/C17H17F2N3O4/c1-9-10(2)25-13(20-9)8-22-14(23)17(3,21-16(22)24)11-4-6-12(7-5-11)26-15(18)19/h4-7,15H,8H2,1-3H3,(H,21,24)/t17-/m1/s1. The molecule has 1 saturated heterocycles. The van der Waals surface area contributed by atoms with E-state index in [-0.39, 0.29) is 18.2 Å². The normalized spacial score (nSPS) is 20.0. The highest BCUT2D eigenvalue weighted by Gasteiger charge is 2.49. The van der Waals surface area contributed by atoms with Gasteiger partial charge in [-0.1, -0.05) is 12.1 Å². The Labute approximate surface area is 147 Å². The first-order valence-corrected chi connectivity index (χ1v) is 7.83. The molecule has 138 valence electrons. The molecule has 26 heavy (non-hydrogen) atoms. The Kier molecular flexibility index (Phi) is 4.39. The van der Waals surface area contributed by atoms with E-state index in [0.29, 0.717) is 17.0 Å². The maximum atomic E-state index is 12.8. The van der Waals surface area contributed by atoms with Gasteiger partial charge in [-0.3, -0.25) is 9.69 Å². The molecule has 1 aromatic carbocycles. The Morgan fingerprint density at radius 2 is 1.92 bits per heavy atom. The predicted molar refractivity (Wildman–Crippen MR) is 85.5 cm³/mol. The van der Waals surface area contributed by atoms with Crippen molar-refractivity contribution >= 4 is 11.9 Å². The summed E-state index contributed by atoms with van der Waals surface area (Å²) in [4.78, 5) is 30.3. The molecular weight excluding hydrogens is 348 g/mol. The summed E-state index contributed by atoms with van der Waals surface area (Å²) in [5, 5.41) is 2.63. The van der Waals surface area contributed by atoms with Gasteiger partial charge in [-0.05, 0) is 38.5 Å². The van der Waals surface area contributed by atoms with E-state index in [2.05, 4.69) is 15.0 Å². The van der Waals surface area contributed by atoms with Crippen LogP contribution in [0.2, 0.25) is 0 Å². The summed E-state index contributed by atoms with van der Waals surface area (Å²) in [6, 6.07) is 4.96. The number of ether oxygens (including phenoxy) is 1. The number of hydrogen-bond donors (Lipinski definition) is 1. The van der Waals surface area contributed by atoms with Gasteiger partial charge in [-0.25, -0.2) is 9.78 Å². The summed E-state index contributed by atoms with van der Waals surface area (Å²) in [5.41, 5.74) is -0.193. The summed E-state index contributed by atoms with van der Waals surface area (Å²) in [5.74, 6) is 0.350. The van der Waals surface area contributed by atoms with Crippen LogP contribution in [0.1, 0.15) is 29.8 Å². The van der Waals surface area contributed by atoms with Crippen molar-refractivity contribution in [3.8, 4) is 5.75 Å². The molecule has 3 amide bonds. The lowest BCUT2D eigenvalue weighted by Crippen LogP contribution is -2.40. The molecule has 0 saturated carbocycles. The van der Waals surface area contributed by atoms with Gasteiger partial charge in [0.1, 0.15) is 23.6 Å². The van der Waals surface area contributed by atoms with E-state index in [4.69, 9.17) is 4.42 Å². The molecule has 7 nitrogen and oxygen atoms in total. The molecule has 1 atom stereocenters. The number of hydrogen-bond acceptors (Lipinski definition) is 5. The molecule has 0 bridgehead atoms. The Bertz CT molecular complexity index is 831. The number of oxazole rings is 1. The van der Waals surface area contributed by atoms with Crippen molar-refractivity contribution in [2.24, 2.45) is 0 Å². The van der Waals surface area contributed by atoms with Crippen LogP contribution in [0.15, 0.2) is 28.7 Å². The number of nitrogens with one attached hydrogen (secondary N) is 1. The number of imide groups is 1. The fourth-order valence-electron chi connectivity index (χ4n) is 2.75. The minimum absolute atomic E-state index is 0.0354. The third kappa shape index (κ3) is 3.12. The van der Waals surface area contributed by atoms with Gasteiger partial charge in [0, 0.05) is 0 Å². The molecule has 2 heterocycles. The third-order valence-electron chi connectivity index (χ3n) is 4.30. The zero-order valence-electron chi connectivity index (χ0n) is 14.4. The molecule has 2 aromatic rings. The topological polar surface area (TPSA) is 84.7 Å². The van der Waals surface area contributed by atoms with Crippen LogP contribution in [-0.2, 0) is 16.9 Å². The van der Waals surface area contributed by atoms with Crippen molar-refractivity contribution in [2.45, 2.75) is 39.5 Å². The third-order valence-corrected chi connectivity index (χ3v) is 4.30. The van der Waals surface area contributed by atoms with Crippen molar-refractivity contribution in [2.75, 3.05) is 0 Å².